The van der Waals surface area contributed by atoms with E-state index in [1.165, 1.54) is 4.57 Å². The van der Waals surface area contributed by atoms with Crippen molar-refractivity contribution >= 4 is 28.5 Å². The number of ether oxygens (including phenoxy) is 1. The third-order valence-corrected chi connectivity index (χ3v) is 3.77. The molecule has 0 aliphatic rings. The van der Waals surface area contributed by atoms with Gasteiger partial charge < -0.3 is 4.74 Å². The highest BCUT2D eigenvalue weighted by molar-refractivity contribution is 6.32. The summed E-state index contributed by atoms with van der Waals surface area (Å²) in [4.78, 5) is 28.8. The Morgan fingerprint density at radius 3 is 2.55 bits per heavy atom. The lowest BCUT2D eigenvalue weighted by atomic mass is 9.98. The van der Waals surface area contributed by atoms with Crippen molar-refractivity contribution in [1.82, 2.24) is 9.55 Å². The summed E-state index contributed by atoms with van der Waals surface area (Å²) in [5, 5.41) is 1.02. The first kappa shape index (κ1) is 16.5. The van der Waals surface area contributed by atoms with E-state index in [-0.39, 0.29) is 18.3 Å². The number of hydrogen-bond donors (Lipinski definition) is 0. The zero-order valence-electron chi connectivity index (χ0n) is 13.4. The molecule has 0 saturated carbocycles. The first-order valence-corrected chi connectivity index (χ1v) is 7.33. The minimum atomic E-state index is -0.619. The highest BCUT2D eigenvalue weighted by Gasteiger charge is 2.23. The van der Waals surface area contributed by atoms with Gasteiger partial charge >= 0.3 is 5.97 Å². The topological polar surface area (TPSA) is 61.2 Å². The first-order valence-electron chi connectivity index (χ1n) is 6.96. The maximum atomic E-state index is 12.6. The summed E-state index contributed by atoms with van der Waals surface area (Å²) < 4.78 is 6.56. The van der Waals surface area contributed by atoms with E-state index in [2.05, 4.69) is 4.98 Å². The quantitative estimate of drug-likeness (QED) is 0.796. The van der Waals surface area contributed by atoms with Crippen LogP contribution in [-0.2, 0) is 16.3 Å². The third-order valence-electron chi connectivity index (χ3n) is 3.36. The monoisotopic (exact) mass is 322 g/mol. The van der Waals surface area contributed by atoms with E-state index in [0.717, 1.165) is 5.56 Å². The molecule has 0 atom stereocenters. The number of carbonyl (C=O) groups excluding carboxylic acids is 1. The molecular weight excluding hydrogens is 304 g/mol. The van der Waals surface area contributed by atoms with Crippen LogP contribution in [0.15, 0.2) is 16.9 Å². The molecule has 1 aromatic heterocycles. The fourth-order valence-corrected chi connectivity index (χ4v) is 2.11. The Balaban J connectivity index is 2.45. The molecule has 5 nitrogen and oxygen atoms in total. The van der Waals surface area contributed by atoms with E-state index < -0.39 is 5.41 Å². The molecule has 0 saturated heterocycles. The molecule has 2 aromatic rings. The van der Waals surface area contributed by atoms with Gasteiger partial charge in [-0.15, -0.1) is 0 Å². The Hall–Kier alpha value is -1.88. The van der Waals surface area contributed by atoms with Gasteiger partial charge in [-0.25, -0.2) is 4.98 Å². The van der Waals surface area contributed by atoms with Crippen LogP contribution in [0.1, 0.15) is 32.2 Å². The molecule has 0 spiro atoms. The summed E-state index contributed by atoms with van der Waals surface area (Å²) in [6, 6.07) is 3.38. The fourth-order valence-electron chi connectivity index (χ4n) is 1.95. The van der Waals surface area contributed by atoms with Gasteiger partial charge in [0.1, 0.15) is 5.82 Å². The minimum Gasteiger partial charge on any atom is -0.443 e. The van der Waals surface area contributed by atoms with Crippen molar-refractivity contribution in [3.63, 3.8) is 0 Å². The Labute approximate surface area is 133 Å². The van der Waals surface area contributed by atoms with E-state index in [9.17, 15) is 9.59 Å². The lowest BCUT2D eigenvalue weighted by molar-refractivity contribution is -0.157. The molecular formula is C16H19ClN2O3. The molecule has 0 bridgehead atoms. The maximum Gasteiger partial charge on any atom is 0.312 e. The second-order valence-corrected chi connectivity index (χ2v) is 6.73. The van der Waals surface area contributed by atoms with Gasteiger partial charge in [-0.2, -0.15) is 0 Å². The Kier molecular flexibility index (Phi) is 4.29. The van der Waals surface area contributed by atoms with Gasteiger partial charge in [-0.3, -0.25) is 14.2 Å². The summed E-state index contributed by atoms with van der Waals surface area (Å²) in [5.41, 5.74) is 0.474. The van der Waals surface area contributed by atoms with Crippen molar-refractivity contribution in [3.05, 3.63) is 38.9 Å². The molecule has 6 heteroatoms. The number of carbonyl (C=O) groups is 1. The number of nitrogens with zero attached hydrogens (tertiary/aromatic N) is 2. The smallest absolute Gasteiger partial charge is 0.312 e. The third kappa shape index (κ3) is 3.14. The van der Waals surface area contributed by atoms with Crippen LogP contribution in [0.25, 0.3) is 10.9 Å². The molecule has 0 unspecified atom stereocenters. The molecule has 118 valence electrons. The predicted octanol–water partition coefficient (Wildman–Crippen LogP) is 3.21. The summed E-state index contributed by atoms with van der Waals surface area (Å²) in [6.45, 7) is 8.65. The molecule has 0 N–H and O–H groups in total. The van der Waals surface area contributed by atoms with E-state index in [1.54, 1.807) is 39.8 Å². The highest BCUT2D eigenvalue weighted by Crippen LogP contribution is 2.20. The Morgan fingerprint density at radius 1 is 1.32 bits per heavy atom. The number of benzene rings is 1. The van der Waals surface area contributed by atoms with E-state index in [4.69, 9.17) is 16.3 Å². The number of aryl methyl sites for hydroxylation is 2. The Bertz CT molecular complexity index is 804. The second-order valence-electron chi connectivity index (χ2n) is 6.32. The molecule has 0 radical (unpaired) electrons. The van der Waals surface area contributed by atoms with Crippen LogP contribution < -0.4 is 5.56 Å². The van der Waals surface area contributed by atoms with Gasteiger partial charge in [0.25, 0.3) is 5.56 Å². The van der Waals surface area contributed by atoms with Crippen LogP contribution in [-0.4, -0.2) is 15.5 Å². The summed E-state index contributed by atoms with van der Waals surface area (Å²) >= 11 is 6.07. The van der Waals surface area contributed by atoms with E-state index in [0.29, 0.717) is 21.7 Å². The molecule has 22 heavy (non-hydrogen) atoms. The summed E-state index contributed by atoms with van der Waals surface area (Å²) in [6.07, 6.45) is 0. The van der Waals surface area contributed by atoms with Gasteiger partial charge in [0, 0.05) is 5.02 Å². The zero-order chi connectivity index (χ0) is 16.7. The van der Waals surface area contributed by atoms with Crippen LogP contribution in [0.5, 0.6) is 0 Å². The largest absolute Gasteiger partial charge is 0.443 e. The number of fused-ring (bicyclic) bond motifs is 1. The van der Waals surface area contributed by atoms with E-state index >= 15 is 0 Å². The number of hydrogen-bond acceptors (Lipinski definition) is 4. The second kappa shape index (κ2) is 5.72. The number of halogens is 1. The van der Waals surface area contributed by atoms with Crippen LogP contribution in [0.4, 0.5) is 0 Å². The van der Waals surface area contributed by atoms with Crippen molar-refractivity contribution in [2.75, 3.05) is 0 Å². The predicted molar refractivity (Wildman–Crippen MR) is 86.0 cm³/mol. The summed E-state index contributed by atoms with van der Waals surface area (Å²) in [5.74, 6) is 0.102. The number of esters is 1. The standard InChI is InChI=1S/C16H19ClN2O3/c1-9-6-11-13(7-12(9)17)18-10(2)19(14(11)20)8-22-15(21)16(3,4)5/h6-7H,8H2,1-5H3. The Morgan fingerprint density at radius 2 is 1.95 bits per heavy atom. The number of aromatic nitrogens is 2. The summed E-state index contributed by atoms with van der Waals surface area (Å²) in [7, 11) is 0. The van der Waals surface area contributed by atoms with Gasteiger partial charge in [-0.05, 0) is 52.3 Å². The molecule has 1 heterocycles. The fraction of sp³-hybridized carbons (Fsp3) is 0.438. The van der Waals surface area contributed by atoms with Gasteiger partial charge in [-0.1, -0.05) is 11.6 Å². The van der Waals surface area contributed by atoms with Gasteiger partial charge in [0.05, 0.1) is 16.3 Å². The molecule has 2 rings (SSSR count). The molecule has 0 amide bonds. The normalized spacial score (nSPS) is 11.7. The van der Waals surface area contributed by atoms with Gasteiger partial charge in [0.15, 0.2) is 6.73 Å². The average Bonchev–Trinajstić information content (AvgIpc) is 2.40. The van der Waals surface area contributed by atoms with Crippen LogP contribution in [0, 0.1) is 19.3 Å². The van der Waals surface area contributed by atoms with Crippen molar-refractivity contribution in [3.8, 4) is 0 Å². The zero-order valence-corrected chi connectivity index (χ0v) is 14.1. The maximum absolute atomic E-state index is 12.6. The lowest BCUT2D eigenvalue weighted by Gasteiger charge is -2.18. The molecule has 0 aliphatic heterocycles. The highest BCUT2D eigenvalue weighted by atomic mass is 35.5. The van der Waals surface area contributed by atoms with E-state index in [1.807, 2.05) is 6.92 Å². The van der Waals surface area contributed by atoms with Crippen LogP contribution in [0.2, 0.25) is 5.02 Å². The lowest BCUT2D eigenvalue weighted by Crippen LogP contribution is -2.29. The van der Waals surface area contributed by atoms with Crippen molar-refractivity contribution in [2.45, 2.75) is 41.3 Å². The van der Waals surface area contributed by atoms with Crippen molar-refractivity contribution in [2.24, 2.45) is 5.41 Å². The van der Waals surface area contributed by atoms with Crippen LogP contribution >= 0.6 is 11.6 Å². The molecule has 0 fully saturated rings. The molecule has 1 aromatic carbocycles. The average molecular weight is 323 g/mol. The number of rotatable bonds is 2. The van der Waals surface area contributed by atoms with Gasteiger partial charge in [0.2, 0.25) is 0 Å². The SMILES string of the molecule is Cc1cc2c(=O)n(COC(=O)C(C)(C)C)c(C)nc2cc1Cl. The van der Waals surface area contributed by atoms with Crippen molar-refractivity contribution < 1.29 is 9.53 Å². The molecule has 0 aliphatic carbocycles. The van der Waals surface area contributed by atoms with Crippen molar-refractivity contribution in [1.29, 1.82) is 0 Å². The minimum absolute atomic E-state index is 0.147. The first-order chi connectivity index (χ1) is 10.1. The van der Waals surface area contributed by atoms with Crippen LogP contribution in [0.3, 0.4) is 0 Å².